The lowest BCUT2D eigenvalue weighted by molar-refractivity contribution is -0.0436. The zero-order chi connectivity index (χ0) is 22.1. The van der Waals surface area contributed by atoms with Crippen molar-refractivity contribution in [3.63, 3.8) is 0 Å². The van der Waals surface area contributed by atoms with E-state index in [0.717, 1.165) is 30.4 Å². The number of hydrogen-bond acceptors (Lipinski definition) is 4. The Morgan fingerprint density at radius 3 is 2.58 bits per heavy atom. The number of aliphatic hydroxyl groups is 1. The molecule has 2 atom stereocenters. The average molecular weight is 421 g/mol. The molecule has 1 amide bonds. The number of primary amides is 1. The maximum absolute atomic E-state index is 11.8. The number of nitrogens with one attached hydrogen (secondary N) is 1. The van der Waals surface area contributed by atoms with Crippen molar-refractivity contribution in [1.82, 2.24) is 5.32 Å². The molecular weight excluding hydrogens is 388 g/mol. The fraction of sp³-hybridized carbons (Fsp3) is 0.423. The Morgan fingerprint density at radius 2 is 1.94 bits per heavy atom. The number of fused-ring (bicyclic) bond motifs is 1. The van der Waals surface area contributed by atoms with E-state index >= 15 is 0 Å². The van der Waals surface area contributed by atoms with E-state index in [1.807, 2.05) is 36.5 Å². The van der Waals surface area contributed by atoms with Crippen LogP contribution >= 0.6 is 0 Å². The summed E-state index contributed by atoms with van der Waals surface area (Å²) in [4.78, 5) is 11.8. The summed E-state index contributed by atoms with van der Waals surface area (Å²) in [7, 11) is 1.73. The monoisotopic (exact) mass is 420 g/mol. The number of nitrogens with two attached hydrogens (primary N) is 1. The molecule has 0 saturated heterocycles. The molecule has 0 aromatic heterocycles. The predicted octanol–water partition coefficient (Wildman–Crippen LogP) is 3.45. The normalized spacial score (nSPS) is 25.9. The van der Waals surface area contributed by atoms with Gasteiger partial charge in [-0.25, -0.2) is 0 Å². The number of carbonyl (C=O) groups excluding carboxylic acids is 1. The summed E-state index contributed by atoms with van der Waals surface area (Å²) >= 11 is 0. The van der Waals surface area contributed by atoms with Crippen LogP contribution in [0.15, 0.2) is 60.3 Å². The largest absolute Gasteiger partial charge is 0.388 e. The van der Waals surface area contributed by atoms with Crippen molar-refractivity contribution in [2.24, 2.45) is 11.7 Å². The van der Waals surface area contributed by atoms with Gasteiger partial charge in [0.05, 0.1) is 5.60 Å². The third-order valence-electron chi connectivity index (χ3n) is 7.02. The van der Waals surface area contributed by atoms with Crippen molar-refractivity contribution < 1.29 is 14.6 Å². The van der Waals surface area contributed by atoms with Crippen molar-refractivity contribution in [3.8, 4) is 0 Å². The van der Waals surface area contributed by atoms with Gasteiger partial charge in [0.2, 0.25) is 5.91 Å². The van der Waals surface area contributed by atoms with Crippen LogP contribution in [0.2, 0.25) is 0 Å². The molecule has 2 aliphatic rings. The SMILES string of the molecule is COC1(c2cccc(C(N)=O)c2)/C(=C\NCC2(O)Cc3ccccc3C2)CCCC1C. The lowest BCUT2D eigenvalue weighted by Gasteiger charge is -2.44. The fourth-order valence-corrected chi connectivity index (χ4v) is 5.47. The van der Waals surface area contributed by atoms with E-state index < -0.39 is 17.1 Å². The van der Waals surface area contributed by atoms with E-state index in [2.05, 4.69) is 24.4 Å². The van der Waals surface area contributed by atoms with Gasteiger partial charge >= 0.3 is 0 Å². The second kappa shape index (κ2) is 8.48. The Morgan fingerprint density at radius 1 is 1.23 bits per heavy atom. The molecule has 1 saturated carbocycles. The van der Waals surface area contributed by atoms with Gasteiger partial charge in [0.15, 0.2) is 0 Å². The molecular formula is C26H32N2O3. The number of benzene rings is 2. The molecule has 2 unspecified atom stereocenters. The summed E-state index contributed by atoms with van der Waals surface area (Å²) in [6.45, 7) is 2.66. The molecule has 4 rings (SSSR count). The molecule has 4 N–H and O–H groups in total. The standard InChI is InChI=1S/C26H32N2O3/c1-18-7-5-12-23(26(18,31-2)22-11-6-10-19(13-22)24(27)29)16-28-17-25(30)14-20-8-3-4-9-21(20)15-25/h3-4,6,8-11,13,16,18,28,30H,5,7,12,14-15,17H2,1-2H3,(H2,27,29)/b23-16-. The van der Waals surface area contributed by atoms with Gasteiger partial charge in [-0.05, 0) is 65.8 Å². The number of methoxy groups -OCH3 is 1. The van der Waals surface area contributed by atoms with Gasteiger partial charge < -0.3 is 20.9 Å². The number of ether oxygens (including phenoxy) is 1. The van der Waals surface area contributed by atoms with Crippen LogP contribution in [0.3, 0.4) is 0 Å². The van der Waals surface area contributed by atoms with Crippen LogP contribution < -0.4 is 11.1 Å². The van der Waals surface area contributed by atoms with Crippen LogP contribution in [0, 0.1) is 5.92 Å². The molecule has 0 aliphatic heterocycles. The number of hydrogen-bond donors (Lipinski definition) is 3. The van der Waals surface area contributed by atoms with Crippen molar-refractivity contribution in [2.45, 2.75) is 50.2 Å². The van der Waals surface area contributed by atoms with Crippen molar-refractivity contribution in [3.05, 3.63) is 82.6 Å². The second-order valence-corrected chi connectivity index (χ2v) is 9.08. The molecule has 0 heterocycles. The Hall–Kier alpha value is -2.63. The summed E-state index contributed by atoms with van der Waals surface area (Å²) < 4.78 is 6.20. The Labute approximate surface area is 184 Å². The lowest BCUT2D eigenvalue weighted by atomic mass is 9.69. The molecule has 2 aromatic rings. The van der Waals surface area contributed by atoms with E-state index in [9.17, 15) is 9.90 Å². The van der Waals surface area contributed by atoms with E-state index in [-0.39, 0.29) is 5.92 Å². The van der Waals surface area contributed by atoms with Crippen molar-refractivity contribution in [1.29, 1.82) is 0 Å². The highest BCUT2D eigenvalue weighted by atomic mass is 16.5. The van der Waals surface area contributed by atoms with E-state index in [0.29, 0.717) is 24.9 Å². The van der Waals surface area contributed by atoms with E-state index in [1.54, 1.807) is 13.2 Å². The zero-order valence-corrected chi connectivity index (χ0v) is 18.4. The molecule has 1 fully saturated rings. The molecule has 31 heavy (non-hydrogen) atoms. The van der Waals surface area contributed by atoms with Gasteiger partial charge in [0, 0.05) is 32.1 Å². The molecule has 2 aliphatic carbocycles. The highest BCUT2D eigenvalue weighted by molar-refractivity contribution is 5.93. The maximum atomic E-state index is 11.8. The highest BCUT2D eigenvalue weighted by Crippen LogP contribution is 2.47. The minimum absolute atomic E-state index is 0.237. The second-order valence-electron chi connectivity index (χ2n) is 9.08. The molecule has 0 spiro atoms. The van der Waals surface area contributed by atoms with Gasteiger partial charge in [-0.1, -0.05) is 43.3 Å². The first-order valence-electron chi connectivity index (χ1n) is 11.1. The quantitative estimate of drug-likeness (QED) is 0.668. The first kappa shape index (κ1) is 21.6. The molecule has 0 bridgehead atoms. The molecule has 164 valence electrons. The van der Waals surface area contributed by atoms with Crippen molar-refractivity contribution in [2.75, 3.05) is 13.7 Å². The summed E-state index contributed by atoms with van der Waals surface area (Å²) in [5.41, 5.74) is 9.12. The minimum Gasteiger partial charge on any atom is -0.388 e. The molecule has 0 radical (unpaired) electrons. The van der Waals surface area contributed by atoms with Crippen LogP contribution in [0.4, 0.5) is 0 Å². The number of rotatable bonds is 6. The zero-order valence-electron chi connectivity index (χ0n) is 18.4. The summed E-state index contributed by atoms with van der Waals surface area (Å²) in [6, 6.07) is 15.7. The van der Waals surface area contributed by atoms with Crippen LogP contribution in [0.5, 0.6) is 0 Å². The predicted molar refractivity (Wildman–Crippen MR) is 122 cm³/mol. The highest BCUT2D eigenvalue weighted by Gasteiger charge is 2.44. The summed E-state index contributed by atoms with van der Waals surface area (Å²) in [6.07, 6.45) is 6.34. The third-order valence-corrected chi connectivity index (χ3v) is 7.02. The first-order chi connectivity index (χ1) is 14.9. The van der Waals surface area contributed by atoms with Crippen LogP contribution in [-0.4, -0.2) is 30.3 Å². The van der Waals surface area contributed by atoms with Crippen molar-refractivity contribution >= 4 is 5.91 Å². The summed E-state index contributed by atoms with van der Waals surface area (Å²) in [5.74, 6) is -0.204. The molecule has 5 nitrogen and oxygen atoms in total. The number of carbonyl (C=O) groups is 1. The van der Waals surface area contributed by atoms with Gasteiger partial charge in [-0.3, -0.25) is 4.79 Å². The molecule has 2 aromatic carbocycles. The number of amides is 1. The smallest absolute Gasteiger partial charge is 0.248 e. The Bertz CT molecular complexity index is 975. The van der Waals surface area contributed by atoms with E-state index in [4.69, 9.17) is 10.5 Å². The minimum atomic E-state index is -0.789. The van der Waals surface area contributed by atoms with Gasteiger partial charge in [-0.15, -0.1) is 0 Å². The van der Waals surface area contributed by atoms with Crippen LogP contribution in [0.25, 0.3) is 0 Å². The maximum Gasteiger partial charge on any atom is 0.248 e. The topological polar surface area (TPSA) is 84.6 Å². The average Bonchev–Trinajstić information content (AvgIpc) is 3.10. The Balaban J connectivity index is 1.59. The van der Waals surface area contributed by atoms with E-state index in [1.165, 1.54) is 11.1 Å². The van der Waals surface area contributed by atoms with Gasteiger partial charge in [-0.2, -0.15) is 0 Å². The lowest BCUT2D eigenvalue weighted by Crippen LogP contribution is -2.43. The third kappa shape index (κ3) is 4.00. The first-order valence-corrected chi connectivity index (χ1v) is 11.1. The van der Waals surface area contributed by atoms with Gasteiger partial charge in [0.1, 0.15) is 5.60 Å². The fourth-order valence-electron chi connectivity index (χ4n) is 5.47. The Kier molecular flexibility index (Phi) is 5.91. The molecule has 5 heteroatoms. The van der Waals surface area contributed by atoms with Gasteiger partial charge in [0.25, 0.3) is 0 Å². The summed E-state index contributed by atoms with van der Waals surface area (Å²) in [5, 5.41) is 14.5. The van der Waals surface area contributed by atoms with Crippen LogP contribution in [-0.2, 0) is 23.2 Å². The van der Waals surface area contributed by atoms with Crippen LogP contribution in [0.1, 0.15) is 53.2 Å².